The number of carbonyl (C=O) groups is 2. The maximum absolute atomic E-state index is 12.1. The van der Waals surface area contributed by atoms with Gasteiger partial charge in [0, 0.05) is 37.6 Å². The van der Waals surface area contributed by atoms with Crippen molar-refractivity contribution in [2.24, 2.45) is 5.73 Å². The van der Waals surface area contributed by atoms with Crippen molar-refractivity contribution in [3.8, 4) is 0 Å². The van der Waals surface area contributed by atoms with E-state index >= 15 is 0 Å². The number of amides is 2. The lowest BCUT2D eigenvalue weighted by Gasteiger charge is -2.21. The van der Waals surface area contributed by atoms with E-state index in [1.54, 1.807) is 46.4 Å². The standard InChI is InChI=1S/C12H14N4O2.HI/c13-11(17)9-15-5-1-10(2-6-15)12(18)16-7-3-14-4-8-16;/h1-3,5-7,14H,4,8-9H2,(H-,13,17);1H. The van der Waals surface area contributed by atoms with Crippen LogP contribution >= 0.6 is 0 Å². The Hall–Kier alpha value is -1.64. The van der Waals surface area contributed by atoms with Crippen LogP contribution in [0.25, 0.3) is 0 Å². The molecule has 0 fully saturated rings. The summed E-state index contributed by atoms with van der Waals surface area (Å²) in [5, 5.41) is 3.02. The molecule has 0 atom stereocenters. The summed E-state index contributed by atoms with van der Waals surface area (Å²) in [7, 11) is 0. The number of nitrogens with one attached hydrogen (secondary N) is 1. The summed E-state index contributed by atoms with van der Waals surface area (Å²) in [6, 6.07) is 3.36. The molecule has 1 aromatic rings. The van der Waals surface area contributed by atoms with E-state index in [1.807, 2.05) is 0 Å². The van der Waals surface area contributed by atoms with Gasteiger partial charge in [-0.3, -0.25) is 9.59 Å². The average molecular weight is 374 g/mol. The van der Waals surface area contributed by atoms with Crippen molar-refractivity contribution < 1.29 is 38.1 Å². The van der Waals surface area contributed by atoms with Gasteiger partial charge in [-0.1, -0.05) is 0 Å². The number of hydrogen-bond acceptors (Lipinski definition) is 3. The summed E-state index contributed by atoms with van der Waals surface area (Å²) in [6.07, 6.45) is 6.81. The van der Waals surface area contributed by atoms with Gasteiger partial charge in [-0.15, -0.1) is 0 Å². The molecular formula is C12H15IN4O2. The summed E-state index contributed by atoms with van der Waals surface area (Å²) in [5.74, 6) is -0.469. The number of halogens is 1. The Bertz CT molecular complexity index is 487. The largest absolute Gasteiger partial charge is 1.00 e. The molecule has 0 aromatic carbocycles. The van der Waals surface area contributed by atoms with Crippen LogP contribution in [0.4, 0.5) is 0 Å². The first-order chi connectivity index (χ1) is 8.66. The lowest BCUT2D eigenvalue weighted by molar-refractivity contribution is -0.684. The van der Waals surface area contributed by atoms with Gasteiger partial charge in [0.1, 0.15) is 0 Å². The van der Waals surface area contributed by atoms with E-state index in [1.165, 1.54) is 0 Å². The van der Waals surface area contributed by atoms with Crippen LogP contribution < -0.4 is 39.6 Å². The first-order valence-corrected chi connectivity index (χ1v) is 5.65. The zero-order valence-corrected chi connectivity index (χ0v) is 12.4. The molecule has 1 aliphatic heterocycles. The number of rotatable bonds is 3. The first kappa shape index (κ1) is 15.4. The Balaban J connectivity index is 0.00000180. The van der Waals surface area contributed by atoms with Gasteiger partial charge in [-0.25, -0.2) is 0 Å². The van der Waals surface area contributed by atoms with Crippen LogP contribution in [0.3, 0.4) is 0 Å². The van der Waals surface area contributed by atoms with E-state index in [-0.39, 0.29) is 36.4 Å². The van der Waals surface area contributed by atoms with Crippen LogP contribution in [0.2, 0.25) is 0 Å². The fourth-order valence-corrected chi connectivity index (χ4v) is 1.71. The average Bonchev–Trinajstić information content (AvgIpc) is 2.39. The quantitative estimate of drug-likeness (QED) is 0.418. The number of nitrogens with zero attached hydrogens (tertiary/aromatic N) is 2. The topological polar surface area (TPSA) is 79.3 Å². The smallest absolute Gasteiger partial charge is 0.283 e. The van der Waals surface area contributed by atoms with Crippen molar-refractivity contribution in [1.29, 1.82) is 0 Å². The molecular weight excluding hydrogens is 359 g/mol. The number of primary amides is 1. The van der Waals surface area contributed by atoms with E-state index in [9.17, 15) is 9.59 Å². The predicted molar refractivity (Wildman–Crippen MR) is 64.0 cm³/mol. The monoisotopic (exact) mass is 374 g/mol. The molecule has 0 bridgehead atoms. The summed E-state index contributed by atoms with van der Waals surface area (Å²) in [5.41, 5.74) is 5.67. The highest BCUT2D eigenvalue weighted by Crippen LogP contribution is 2.04. The first-order valence-electron chi connectivity index (χ1n) is 5.65. The van der Waals surface area contributed by atoms with Gasteiger partial charge >= 0.3 is 0 Å². The highest BCUT2D eigenvalue weighted by atomic mass is 127. The molecule has 2 amide bonds. The Labute approximate surface area is 128 Å². The minimum atomic E-state index is -0.413. The third-order valence-corrected chi connectivity index (χ3v) is 2.61. The van der Waals surface area contributed by atoms with Crippen LogP contribution in [0.1, 0.15) is 10.4 Å². The van der Waals surface area contributed by atoms with Crippen molar-refractivity contribution >= 4 is 11.8 Å². The maximum atomic E-state index is 12.1. The minimum Gasteiger partial charge on any atom is -1.00 e. The van der Waals surface area contributed by atoms with Crippen molar-refractivity contribution in [3.63, 3.8) is 0 Å². The third kappa shape index (κ3) is 4.19. The van der Waals surface area contributed by atoms with Gasteiger partial charge in [-0.2, -0.15) is 4.57 Å². The van der Waals surface area contributed by atoms with Crippen LogP contribution in [0, 0.1) is 0 Å². The lowest BCUT2D eigenvalue weighted by Crippen LogP contribution is -3.00. The molecule has 0 spiro atoms. The lowest BCUT2D eigenvalue weighted by atomic mass is 10.2. The van der Waals surface area contributed by atoms with Crippen LogP contribution in [0.15, 0.2) is 36.9 Å². The molecule has 0 saturated heterocycles. The normalized spacial score (nSPS) is 13.4. The maximum Gasteiger partial charge on any atom is 0.283 e. The second-order valence-corrected chi connectivity index (χ2v) is 3.99. The molecule has 1 aliphatic rings. The molecule has 6 nitrogen and oxygen atoms in total. The van der Waals surface area contributed by atoms with E-state index in [4.69, 9.17) is 5.73 Å². The second kappa shape index (κ2) is 7.07. The minimum absolute atomic E-state index is 0. The molecule has 2 heterocycles. The molecule has 0 saturated carbocycles. The number of hydrogen-bond donors (Lipinski definition) is 2. The molecule has 19 heavy (non-hydrogen) atoms. The van der Waals surface area contributed by atoms with Crippen molar-refractivity contribution in [3.05, 3.63) is 42.5 Å². The highest BCUT2D eigenvalue weighted by molar-refractivity contribution is 5.94. The third-order valence-electron chi connectivity index (χ3n) is 2.61. The molecule has 0 aliphatic carbocycles. The molecule has 0 radical (unpaired) electrons. The SMILES string of the molecule is NC(=O)C[n+]1ccc(C(=O)N2C=CNCC2)cc1.[I-]. The van der Waals surface area contributed by atoms with Gasteiger partial charge in [-0.05, 0) is 0 Å². The summed E-state index contributed by atoms with van der Waals surface area (Å²) >= 11 is 0. The highest BCUT2D eigenvalue weighted by Gasteiger charge is 2.16. The van der Waals surface area contributed by atoms with Gasteiger partial charge < -0.3 is 39.9 Å². The van der Waals surface area contributed by atoms with Gasteiger partial charge in [0.2, 0.25) is 6.54 Å². The summed E-state index contributed by atoms with van der Waals surface area (Å²) in [6.45, 7) is 1.50. The zero-order chi connectivity index (χ0) is 13.0. The molecule has 7 heteroatoms. The van der Waals surface area contributed by atoms with Gasteiger partial charge in [0.05, 0.1) is 5.56 Å². The van der Waals surface area contributed by atoms with E-state index in [2.05, 4.69) is 5.32 Å². The van der Waals surface area contributed by atoms with E-state index in [0.717, 1.165) is 6.54 Å². The van der Waals surface area contributed by atoms with Gasteiger partial charge in [0.15, 0.2) is 12.4 Å². The predicted octanol–water partition coefficient (Wildman–Crippen LogP) is -4.02. The van der Waals surface area contributed by atoms with Crippen molar-refractivity contribution in [2.45, 2.75) is 6.54 Å². The Morgan fingerprint density at radius 1 is 1.37 bits per heavy atom. The van der Waals surface area contributed by atoms with E-state index in [0.29, 0.717) is 12.1 Å². The molecule has 102 valence electrons. The second-order valence-electron chi connectivity index (χ2n) is 3.99. The fraction of sp³-hybridized carbons (Fsp3) is 0.250. The molecule has 2 rings (SSSR count). The zero-order valence-electron chi connectivity index (χ0n) is 10.3. The molecule has 1 aromatic heterocycles. The molecule has 3 N–H and O–H groups in total. The Kier molecular flexibility index (Phi) is 5.74. The number of pyridine rings is 1. The summed E-state index contributed by atoms with van der Waals surface area (Å²) < 4.78 is 1.63. The Morgan fingerprint density at radius 2 is 2.05 bits per heavy atom. The number of nitrogens with two attached hydrogens (primary N) is 1. The Morgan fingerprint density at radius 3 is 2.58 bits per heavy atom. The van der Waals surface area contributed by atoms with Crippen LogP contribution in [0.5, 0.6) is 0 Å². The number of carbonyl (C=O) groups excluding carboxylic acids is 2. The van der Waals surface area contributed by atoms with Crippen LogP contribution in [-0.4, -0.2) is 29.8 Å². The van der Waals surface area contributed by atoms with Crippen molar-refractivity contribution in [1.82, 2.24) is 10.2 Å². The summed E-state index contributed by atoms with van der Waals surface area (Å²) in [4.78, 5) is 24.5. The van der Waals surface area contributed by atoms with Crippen LogP contribution in [-0.2, 0) is 11.3 Å². The molecule has 0 unspecified atom stereocenters. The van der Waals surface area contributed by atoms with E-state index < -0.39 is 5.91 Å². The fourth-order valence-electron chi connectivity index (χ4n) is 1.71. The number of aromatic nitrogens is 1. The van der Waals surface area contributed by atoms with Gasteiger partial charge in [0.25, 0.3) is 11.8 Å². The van der Waals surface area contributed by atoms with Crippen molar-refractivity contribution in [2.75, 3.05) is 13.1 Å².